The lowest BCUT2D eigenvalue weighted by Gasteiger charge is -2.36. The Balaban J connectivity index is 1.50. The molecule has 0 aliphatic carbocycles. The van der Waals surface area contributed by atoms with Crippen molar-refractivity contribution in [2.45, 2.75) is 6.42 Å². The number of nitrogens with one attached hydrogen (secondary N) is 1. The molecule has 3 rings (SSSR count). The number of hydrogen-bond acceptors (Lipinski definition) is 7. The Morgan fingerprint density at radius 3 is 2.20 bits per heavy atom. The number of phenols is 1. The lowest BCUT2D eigenvalue weighted by molar-refractivity contribution is -0.116. The number of hydrogen-bond donors (Lipinski definition) is 2. The van der Waals surface area contributed by atoms with Gasteiger partial charge in [-0.2, -0.15) is 0 Å². The second-order valence-corrected chi connectivity index (χ2v) is 7.03. The number of ether oxygens (including phenoxy) is 3. The normalized spacial score (nSPS) is 14.3. The molecule has 0 radical (unpaired) electrons. The second-order valence-electron chi connectivity index (χ2n) is 7.03. The first-order chi connectivity index (χ1) is 14.5. The van der Waals surface area contributed by atoms with Gasteiger partial charge in [-0.1, -0.05) is 12.1 Å². The van der Waals surface area contributed by atoms with Crippen LogP contribution in [0.4, 0.5) is 11.4 Å². The SMILES string of the molecule is COc1cc(NC(=O)CCN2CCN(c3ccccc3O)CC2)cc(OC)c1OC. The Bertz CT molecular complexity index is 841. The third kappa shape index (κ3) is 5.07. The van der Waals surface area contributed by atoms with Gasteiger partial charge in [-0.25, -0.2) is 0 Å². The van der Waals surface area contributed by atoms with Crippen LogP contribution in [0, 0.1) is 0 Å². The summed E-state index contributed by atoms with van der Waals surface area (Å²) >= 11 is 0. The number of piperazine rings is 1. The van der Waals surface area contributed by atoms with Crippen LogP contribution in [0.1, 0.15) is 6.42 Å². The largest absolute Gasteiger partial charge is 0.506 e. The molecule has 8 heteroatoms. The Morgan fingerprint density at radius 1 is 1.00 bits per heavy atom. The number of carbonyl (C=O) groups excluding carboxylic acids is 1. The van der Waals surface area contributed by atoms with Gasteiger partial charge in [0.2, 0.25) is 11.7 Å². The van der Waals surface area contributed by atoms with Crippen LogP contribution in [0.15, 0.2) is 36.4 Å². The molecule has 1 heterocycles. The molecule has 2 aromatic rings. The maximum Gasteiger partial charge on any atom is 0.225 e. The van der Waals surface area contributed by atoms with Crippen LogP contribution < -0.4 is 24.4 Å². The van der Waals surface area contributed by atoms with Gasteiger partial charge in [0.25, 0.3) is 0 Å². The molecule has 1 saturated heterocycles. The molecular weight excluding hydrogens is 386 g/mol. The maximum absolute atomic E-state index is 12.4. The van der Waals surface area contributed by atoms with Crippen LogP contribution in [0.3, 0.4) is 0 Å². The quantitative estimate of drug-likeness (QED) is 0.686. The van der Waals surface area contributed by atoms with Gasteiger partial charge < -0.3 is 29.5 Å². The van der Waals surface area contributed by atoms with Crippen LogP contribution in [0.2, 0.25) is 0 Å². The van der Waals surface area contributed by atoms with E-state index in [1.165, 1.54) is 21.3 Å². The number of nitrogens with zero attached hydrogens (tertiary/aromatic N) is 2. The van der Waals surface area contributed by atoms with Crippen molar-refractivity contribution in [3.8, 4) is 23.0 Å². The van der Waals surface area contributed by atoms with Crippen molar-refractivity contribution in [1.82, 2.24) is 4.90 Å². The zero-order valence-corrected chi connectivity index (χ0v) is 17.7. The first-order valence-electron chi connectivity index (χ1n) is 9.91. The molecule has 162 valence electrons. The molecule has 0 unspecified atom stereocenters. The minimum atomic E-state index is -0.0765. The summed E-state index contributed by atoms with van der Waals surface area (Å²) in [7, 11) is 4.62. The summed E-state index contributed by atoms with van der Waals surface area (Å²) in [6, 6.07) is 10.8. The highest BCUT2D eigenvalue weighted by atomic mass is 16.5. The van der Waals surface area contributed by atoms with E-state index < -0.39 is 0 Å². The van der Waals surface area contributed by atoms with Crippen molar-refractivity contribution in [3.63, 3.8) is 0 Å². The molecule has 1 amide bonds. The summed E-state index contributed by atoms with van der Waals surface area (Å²) in [6.07, 6.45) is 0.382. The lowest BCUT2D eigenvalue weighted by atomic mass is 10.2. The molecule has 1 fully saturated rings. The average Bonchev–Trinajstić information content (AvgIpc) is 2.77. The zero-order chi connectivity index (χ0) is 21.5. The summed E-state index contributed by atoms with van der Waals surface area (Å²) in [4.78, 5) is 16.9. The van der Waals surface area contributed by atoms with Gasteiger partial charge in [0.05, 0.1) is 27.0 Å². The predicted molar refractivity (Wildman–Crippen MR) is 116 cm³/mol. The number of phenolic OH excluding ortho intramolecular Hbond substituents is 1. The number of para-hydroxylation sites is 2. The summed E-state index contributed by atoms with van der Waals surface area (Å²) in [6.45, 7) is 3.97. The van der Waals surface area contributed by atoms with Gasteiger partial charge in [-0.15, -0.1) is 0 Å². The average molecular weight is 415 g/mol. The molecule has 0 aromatic heterocycles. The molecule has 0 spiro atoms. The lowest BCUT2D eigenvalue weighted by Crippen LogP contribution is -2.47. The molecular formula is C22H29N3O5. The molecule has 8 nitrogen and oxygen atoms in total. The Morgan fingerprint density at radius 2 is 1.63 bits per heavy atom. The number of methoxy groups -OCH3 is 3. The zero-order valence-electron chi connectivity index (χ0n) is 17.7. The highest BCUT2D eigenvalue weighted by molar-refractivity contribution is 5.91. The summed E-state index contributed by atoms with van der Waals surface area (Å²) in [5.41, 5.74) is 1.45. The van der Waals surface area contributed by atoms with E-state index in [-0.39, 0.29) is 5.91 Å². The fourth-order valence-corrected chi connectivity index (χ4v) is 3.58. The van der Waals surface area contributed by atoms with E-state index in [0.29, 0.717) is 41.7 Å². The predicted octanol–water partition coefficient (Wildman–Crippen LogP) is 2.57. The minimum absolute atomic E-state index is 0.0765. The topological polar surface area (TPSA) is 83.5 Å². The van der Waals surface area contributed by atoms with Gasteiger partial charge in [0.1, 0.15) is 5.75 Å². The number of benzene rings is 2. The van der Waals surface area contributed by atoms with E-state index in [2.05, 4.69) is 15.1 Å². The maximum atomic E-state index is 12.4. The van der Waals surface area contributed by atoms with E-state index in [1.807, 2.05) is 18.2 Å². The standard InChI is InChI=1S/C22H29N3O5/c1-28-19-14-16(15-20(29-2)22(19)30-3)23-21(27)8-9-24-10-12-25(13-11-24)17-6-4-5-7-18(17)26/h4-7,14-15,26H,8-13H2,1-3H3,(H,23,27). The molecule has 1 aliphatic rings. The highest BCUT2D eigenvalue weighted by Crippen LogP contribution is 2.39. The highest BCUT2D eigenvalue weighted by Gasteiger charge is 2.20. The third-order valence-electron chi connectivity index (χ3n) is 5.20. The van der Waals surface area contributed by atoms with E-state index >= 15 is 0 Å². The van der Waals surface area contributed by atoms with Crippen LogP contribution in [0.5, 0.6) is 23.0 Å². The van der Waals surface area contributed by atoms with Crippen molar-refractivity contribution >= 4 is 17.3 Å². The molecule has 0 atom stereocenters. The van der Waals surface area contributed by atoms with Gasteiger partial charge in [0, 0.05) is 57.0 Å². The van der Waals surface area contributed by atoms with Gasteiger partial charge in [-0.3, -0.25) is 9.69 Å². The third-order valence-corrected chi connectivity index (χ3v) is 5.20. The number of anilines is 2. The second kappa shape index (κ2) is 10.1. The van der Waals surface area contributed by atoms with Crippen LogP contribution >= 0.6 is 0 Å². The smallest absolute Gasteiger partial charge is 0.225 e. The van der Waals surface area contributed by atoms with Crippen LogP contribution in [-0.4, -0.2) is 70.0 Å². The molecule has 0 bridgehead atoms. The number of carbonyl (C=O) groups is 1. The van der Waals surface area contributed by atoms with E-state index in [1.54, 1.807) is 18.2 Å². The van der Waals surface area contributed by atoms with Crippen molar-refractivity contribution in [3.05, 3.63) is 36.4 Å². The van der Waals surface area contributed by atoms with Gasteiger partial charge >= 0.3 is 0 Å². The fourth-order valence-electron chi connectivity index (χ4n) is 3.58. The molecule has 2 N–H and O–H groups in total. The Labute approximate surface area is 176 Å². The van der Waals surface area contributed by atoms with Crippen molar-refractivity contribution in [2.24, 2.45) is 0 Å². The van der Waals surface area contributed by atoms with E-state index in [4.69, 9.17) is 14.2 Å². The summed E-state index contributed by atoms with van der Waals surface area (Å²) in [5.74, 6) is 1.70. The van der Waals surface area contributed by atoms with E-state index in [0.717, 1.165) is 31.9 Å². The molecule has 1 aliphatic heterocycles. The van der Waals surface area contributed by atoms with Gasteiger partial charge in [-0.05, 0) is 12.1 Å². The summed E-state index contributed by atoms with van der Waals surface area (Å²) < 4.78 is 16.0. The molecule has 30 heavy (non-hydrogen) atoms. The van der Waals surface area contributed by atoms with E-state index in [9.17, 15) is 9.90 Å². The van der Waals surface area contributed by atoms with Crippen molar-refractivity contribution in [2.75, 3.05) is 64.3 Å². The Hall–Kier alpha value is -3.13. The summed E-state index contributed by atoms with van der Waals surface area (Å²) in [5, 5.41) is 12.9. The van der Waals surface area contributed by atoms with Crippen LogP contribution in [0.25, 0.3) is 0 Å². The number of amides is 1. The Kier molecular flexibility index (Phi) is 7.24. The first-order valence-corrected chi connectivity index (χ1v) is 9.91. The van der Waals surface area contributed by atoms with Crippen LogP contribution in [-0.2, 0) is 4.79 Å². The monoisotopic (exact) mass is 415 g/mol. The van der Waals surface area contributed by atoms with Crippen molar-refractivity contribution < 1.29 is 24.1 Å². The number of rotatable bonds is 8. The first kappa shape index (κ1) is 21.6. The molecule has 0 saturated carbocycles. The fraction of sp³-hybridized carbons (Fsp3) is 0.409. The number of aromatic hydroxyl groups is 1. The molecule has 2 aromatic carbocycles. The van der Waals surface area contributed by atoms with Gasteiger partial charge in [0.15, 0.2) is 11.5 Å². The van der Waals surface area contributed by atoms with Crippen molar-refractivity contribution in [1.29, 1.82) is 0 Å². The minimum Gasteiger partial charge on any atom is -0.506 e.